The van der Waals surface area contributed by atoms with Crippen LogP contribution in [0.1, 0.15) is 22.1 Å². The van der Waals surface area contributed by atoms with Crippen LogP contribution < -0.4 is 5.32 Å². The van der Waals surface area contributed by atoms with E-state index in [0.717, 1.165) is 0 Å². The fraction of sp³-hybridized carbons (Fsp3) is 0.111. The summed E-state index contributed by atoms with van der Waals surface area (Å²) in [7, 11) is 1.67. The zero-order valence-corrected chi connectivity index (χ0v) is 12.9. The van der Waals surface area contributed by atoms with Gasteiger partial charge in [-0.25, -0.2) is 9.18 Å². The lowest BCUT2D eigenvalue weighted by molar-refractivity contribution is -0.139. The lowest BCUT2D eigenvalue weighted by atomic mass is 10.1. The van der Waals surface area contributed by atoms with Gasteiger partial charge in [0, 0.05) is 18.0 Å². The van der Waals surface area contributed by atoms with Gasteiger partial charge in [-0.2, -0.15) is 0 Å². The maximum absolute atomic E-state index is 13.3. The van der Waals surface area contributed by atoms with E-state index < -0.39 is 23.7 Å². The Hall–Kier alpha value is -3.15. The number of carbonyl (C=O) groups excluding carboxylic acids is 1. The highest BCUT2D eigenvalue weighted by molar-refractivity contribution is 6.00. The molecule has 24 heavy (non-hydrogen) atoms. The van der Waals surface area contributed by atoms with Gasteiger partial charge in [-0.3, -0.25) is 4.79 Å². The average molecular weight is 326 g/mol. The number of carboxylic acid groups (broad SMARTS) is 1. The van der Waals surface area contributed by atoms with Crippen LogP contribution in [0.25, 0.3) is 10.9 Å². The van der Waals surface area contributed by atoms with Crippen molar-refractivity contribution in [3.8, 4) is 0 Å². The minimum atomic E-state index is -1.16. The zero-order chi connectivity index (χ0) is 17.3. The second-order valence-electron chi connectivity index (χ2n) is 5.45. The monoisotopic (exact) mass is 326 g/mol. The first-order valence-electron chi connectivity index (χ1n) is 7.31. The van der Waals surface area contributed by atoms with Gasteiger partial charge < -0.3 is 15.0 Å². The van der Waals surface area contributed by atoms with E-state index >= 15 is 0 Å². The predicted molar refractivity (Wildman–Crippen MR) is 87.2 cm³/mol. The molecule has 0 aliphatic heterocycles. The van der Waals surface area contributed by atoms with E-state index in [1.807, 2.05) is 0 Å². The normalized spacial score (nSPS) is 12.1. The number of carbonyl (C=O) groups is 2. The molecule has 0 saturated heterocycles. The molecular weight excluding hydrogens is 311 g/mol. The van der Waals surface area contributed by atoms with Crippen molar-refractivity contribution in [1.29, 1.82) is 0 Å². The third-order valence-electron chi connectivity index (χ3n) is 3.89. The summed E-state index contributed by atoms with van der Waals surface area (Å²) in [5.74, 6) is -2.09. The molecule has 1 atom stereocenters. The number of aryl methyl sites for hydroxylation is 1. The molecule has 1 aromatic heterocycles. The third kappa shape index (κ3) is 2.86. The third-order valence-corrected chi connectivity index (χ3v) is 3.89. The van der Waals surface area contributed by atoms with Crippen molar-refractivity contribution in [2.24, 2.45) is 7.05 Å². The van der Waals surface area contributed by atoms with Gasteiger partial charge in [-0.15, -0.1) is 0 Å². The van der Waals surface area contributed by atoms with Crippen LogP contribution in [-0.4, -0.2) is 21.6 Å². The number of benzene rings is 2. The Kier molecular flexibility index (Phi) is 4.04. The molecule has 5 nitrogen and oxygen atoms in total. The molecule has 3 aromatic rings. The molecule has 2 N–H and O–H groups in total. The molecule has 0 aliphatic carbocycles. The summed E-state index contributed by atoms with van der Waals surface area (Å²) < 4.78 is 14.9. The van der Waals surface area contributed by atoms with Crippen LogP contribution in [0.5, 0.6) is 0 Å². The molecule has 6 heteroatoms. The van der Waals surface area contributed by atoms with Gasteiger partial charge in [0.15, 0.2) is 6.04 Å². The van der Waals surface area contributed by atoms with Crippen LogP contribution in [0.4, 0.5) is 4.39 Å². The fourth-order valence-electron chi connectivity index (χ4n) is 2.68. The fourth-order valence-corrected chi connectivity index (χ4v) is 2.68. The first kappa shape index (κ1) is 15.7. The summed E-state index contributed by atoms with van der Waals surface area (Å²) in [4.78, 5) is 24.0. The van der Waals surface area contributed by atoms with Crippen molar-refractivity contribution in [2.75, 3.05) is 0 Å². The van der Waals surface area contributed by atoms with Crippen LogP contribution in [0.2, 0.25) is 0 Å². The number of aliphatic carboxylic acids is 1. The van der Waals surface area contributed by atoms with Gasteiger partial charge in [-0.05, 0) is 29.8 Å². The van der Waals surface area contributed by atoms with Gasteiger partial charge in [-0.1, -0.05) is 30.3 Å². The maximum atomic E-state index is 13.3. The first-order valence-corrected chi connectivity index (χ1v) is 7.31. The highest BCUT2D eigenvalue weighted by Crippen LogP contribution is 2.21. The molecule has 3 rings (SSSR count). The van der Waals surface area contributed by atoms with Gasteiger partial charge in [0.1, 0.15) is 11.5 Å². The number of nitrogens with one attached hydrogen (secondary N) is 1. The Bertz CT molecular complexity index is 919. The quantitative estimate of drug-likeness (QED) is 0.774. The Labute approximate surface area is 137 Å². The smallest absolute Gasteiger partial charge is 0.330 e. The summed E-state index contributed by atoms with van der Waals surface area (Å²) in [6, 6.07) is 13.0. The van der Waals surface area contributed by atoms with Crippen LogP contribution in [-0.2, 0) is 11.8 Å². The average Bonchev–Trinajstić information content (AvgIpc) is 2.89. The van der Waals surface area contributed by atoms with E-state index in [1.54, 1.807) is 48.0 Å². The minimum absolute atomic E-state index is 0.262. The van der Waals surface area contributed by atoms with Crippen molar-refractivity contribution in [3.63, 3.8) is 0 Å². The number of halogens is 1. The van der Waals surface area contributed by atoms with E-state index in [1.165, 1.54) is 18.2 Å². The minimum Gasteiger partial charge on any atom is -0.479 e. The van der Waals surface area contributed by atoms with E-state index in [0.29, 0.717) is 16.5 Å². The van der Waals surface area contributed by atoms with E-state index in [-0.39, 0.29) is 5.69 Å². The molecule has 0 aliphatic rings. The molecule has 0 spiro atoms. The van der Waals surface area contributed by atoms with Crippen LogP contribution in [0, 0.1) is 5.82 Å². The SMILES string of the molecule is Cn1c(C(=O)NC(C(=O)O)c2ccccc2)cc2cc(F)ccc21. The summed E-state index contributed by atoms with van der Waals surface area (Å²) in [5, 5.41) is 12.5. The number of aromatic nitrogens is 1. The highest BCUT2D eigenvalue weighted by atomic mass is 19.1. The second kappa shape index (κ2) is 6.16. The molecule has 2 aromatic carbocycles. The molecule has 0 bridgehead atoms. The lowest BCUT2D eigenvalue weighted by Crippen LogP contribution is -2.34. The van der Waals surface area contributed by atoms with Crippen LogP contribution in [0.15, 0.2) is 54.6 Å². The van der Waals surface area contributed by atoms with E-state index in [4.69, 9.17) is 0 Å². The number of hydrogen-bond donors (Lipinski definition) is 2. The van der Waals surface area contributed by atoms with Crippen molar-refractivity contribution in [2.45, 2.75) is 6.04 Å². The Balaban J connectivity index is 1.94. The predicted octanol–water partition coefficient (Wildman–Crippen LogP) is 2.87. The first-order chi connectivity index (χ1) is 11.5. The standard InChI is InChI=1S/C18H15FN2O3/c1-21-14-8-7-13(19)9-12(14)10-15(21)17(22)20-16(18(23)24)11-5-3-2-4-6-11/h2-10,16H,1H3,(H,20,22)(H,23,24). The van der Waals surface area contributed by atoms with Crippen molar-refractivity contribution in [1.82, 2.24) is 9.88 Å². The molecule has 0 fully saturated rings. The van der Waals surface area contributed by atoms with Crippen molar-refractivity contribution < 1.29 is 19.1 Å². The van der Waals surface area contributed by atoms with Crippen LogP contribution >= 0.6 is 0 Å². The van der Waals surface area contributed by atoms with Gasteiger partial charge in [0.05, 0.1) is 0 Å². The number of carboxylic acids is 1. The Morgan fingerprint density at radius 2 is 1.83 bits per heavy atom. The molecule has 1 heterocycles. The zero-order valence-electron chi connectivity index (χ0n) is 12.9. The maximum Gasteiger partial charge on any atom is 0.330 e. The van der Waals surface area contributed by atoms with Gasteiger partial charge in [0.2, 0.25) is 0 Å². The largest absolute Gasteiger partial charge is 0.479 e. The molecular formula is C18H15FN2O3. The van der Waals surface area contributed by atoms with Gasteiger partial charge >= 0.3 is 5.97 Å². The van der Waals surface area contributed by atoms with Crippen molar-refractivity contribution in [3.05, 3.63) is 71.7 Å². The molecule has 0 saturated carbocycles. The molecule has 1 unspecified atom stereocenters. The van der Waals surface area contributed by atoms with E-state index in [9.17, 15) is 19.1 Å². The second-order valence-corrected chi connectivity index (χ2v) is 5.45. The molecule has 0 radical (unpaired) electrons. The molecule has 1 amide bonds. The van der Waals surface area contributed by atoms with Gasteiger partial charge in [0.25, 0.3) is 5.91 Å². The lowest BCUT2D eigenvalue weighted by Gasteiger charge is -2.15. The summed E-state index contributed by atoms with van der Waals surface area (Å²) in [5.41, 5.74) is 1.43. The van der Waals surface area contributed by atoms with Crippen molar-refractivity contribution >= 4 is 22.8 Å². The Morgan fingerprint density at radius 1 is 1.12 bits per heavy atom. The topological polar surface area (TPSA) is 71.3 Å². The highest BCUT2D eigenvalue weighted by Gasteiger charge is 2.24. The molecule has 122 valence electrons. The number of rotatable bonds is 4. The summed E-state index contributed by atoms with van der Waals surface area (Å²) >= 11 is 0. The summed E-state index contributed by atoms with van der Waals surface area (Å²) in [6.45, 7) is 0. The number of amides is 1. The van der Waals surface area contributed by atoms with E-state index in [2.05, 4.69) is 5.32 Å². The Morgan fingerprint density at radius 3 is 2.50 bits per heavy atom. The summed E-state index contributed by atoms with van der Waals surface area (Å²) in [6.07, 6.45) is 0. The van der Waals surface area contributed by atoms with Crippen LogP contribution in [0.3, 0.4) is 0 Å². The number of hydrogen-bond acceptors (Lipinski definition) is 2. The number of fused-ring (bicyclic) bond motifs is 1. The number of nitrogens with zero attached hydrogens (tertiary/aromatic N) is 1.